The van der Waals surface area contributed by atoms with Gasteiger partial charge in [0.1, 0.15) is 5.69 Å². The second-order valence-electron chi connectivity index (χ2n) is 2.21. The summed E-state index contributed by atoms with van der Waals surface area (Å²) in [4.78, 5) is 14.3. The molecule has 1 rings (SSSR count). The molecule has 1 heterocycles. The predicted molar refractivity (Wildman–Crippen MR) is 47.7 cm³/mol. The van der Waals surface area contributed by atoms with Gasteiger partial charge in [-0.15, -0.1) is 0 Å². The van der Waals surface area contributed by atoms with Crippen molar-refractivity contribution in [1.82, 2.24) is 8.58 Å². The van der Waals surface area contributed by atoms with Crippen molar-refractivity contribution in [3.05, 3.63) is 11.9 Å². The summed E-state index contributed by atoms with van der Waals surface area (Å²) in [6.45, 7) is 2.60. The van der Waals surface area contributed by atoms with Gasteiger partial charge in [-0.3, -0.25) is 4.79 Å². The van der Waals surface area contributed by atoms with Crippen LogP contribution in [0.25, 0.3) is 0 Å². The van der Waals surface area contributed by atoms with Crippen LogP contribution in [0.3, 0.4) is 0 Å². The van der Waals surface area contributed by atoms with Gasteiger partial charge in [0.25, 0.3) is 0 Å². The largest absolute Gasteiger partial charge is 0.464 e. The molecule has 0 aliphatic carbocycles. The number of aromatic nitrogens is 2. The highest BCUT2D eigenvalue weighted by molar-refractivity contribution is 9.08. The van der Waals surface area contributed by atoms with Crippen LogP contribution in [0, 0.1) is 0 Å². The molecule has 0 amide bonds. The molecular weight excluding hydrogens is 224 g/mol. The first kappa shape index (κ1) is 9.25. The Labute approximate surface area is 78.9 Å². The zero-order valence-corrected chi connectivity index (χ0v) is 8.24. The molecule has 0 unspecified atom stereocenters. The van der Waals surface area contributed by atoms with Crippen molar-refractivity contribution in [2.45, 2.75) is 13.3 Å². The molecule has 12 heavy (non-hydrogen) atoms. The normalized spacial score (nSPS) is 9.83. The average molecular weight is 233 g/mol. The molecule has 0 spiro atoms. The first-order chi connectivity index (χ1) is 5.79. The van der Waals surface area contributed by atoms with Crippen molar-refractivity contribution in [3.8, 4) is 6.01 Å². The lowest BCUT2D eigenvalue weighted by molar-refractivity contribution is 0.111. The molecular formula is C7H9BrN2O2. The summed E-state index contributed by atoms with van der Waals surface area (Å²) in [7, 11) is 0. The summed E-state index contributed by atoms with van der Waals surface area (Å²) in [5, 5.41) is 0. The number of hydrogen-bond donors (Lipinski definition) is 0. The number of ether oxygens (including phenoxy) is 1. The summed E-state index contributed by atoms with van der Waals surface area (Å²) < 4.78 is 6.65. The fraction of sp³-hybridized carbons (Fsp3) is 0.429. The Morgan fingerprint density at radius 2 is 2.58 bits per heavy atom. The summed E-state index contributed by atoms with van der Waals surface area (Å²) in [5.41, 5.74) is 0.445. The molecule has 0 aliphatic heterocycles. The minimum atomic E-state index is 0.416. The Bertz CT molecular complexity index is 272. The number of nitrogens with zero attached hydrogens (tertiary/aromatic N) is 2. The van der Waals surface area contributed by atoms with Gasteiger partial charge in [-0.1, -0.05) is 6.92 Å². The number of carbonyl (C=O) groups excluding carboxylic acids is 1. The standard InChI is InChI=1S/C7H9BrN2O2/c1-2-3-12-7-9-4-6(5-11)10(7)8/h4-5H,2-3H2,1H3. The van der Waals surface area contributed by atoms with E-state index >= 15 is 0 Å². The van der Waals surface area contributed by atoms with E-state index in [9.17, 15) is 4.79 Å². The highest BCUT2D eigenvalue weighted by atomic mass is 79.9. The van der Waals surface area contributed by atoms with E-state index in [0.29, 0.717) is 24.6 Å². The quantitative estimate of drug-likeness (QED) is 0.742. The monoisotopic (exact) mass is 232 g/mol. The third kappa shape index (κ3) is 1.85. The van der Waals surface area contributed by atoms with Gasteiger partial charge in [0.15, 0.2) is 6.29 Å². The number of aldehydes is 1. The van der Waals surface area contributed by atoms with Crippen molar-refractivity contribution in [2.24, 2.45) is 0 Å². The lowest BCUT2D eigenvalue weighted by atomic mass is 10.5. The molecule has 0 atom stereocenters. The van der Waals surface area contributed by atoms with E-state index in [0.717, 1.165) is 6.42 Å². The van der Waals surface area contributed by atoms with Crippen molar-refractivity contribution >= 4 is 22.4 Å². The Balaban J connectivity index is 2.72. The predicted octanol–water partition coefficient (Wildman–Crippen LogP) is 1.64. The summed E-state index contributed by atoms with van der Waals surface area (Å²) in [6.07, 6.45) is 3.07. The van der Waals surface area contributed by atoms with Crippen molar-refractivity contribution in [1.29, 1.82) is 0 Å². The van der Waals surface area contributed by atoms with Gasteiger partial charge < -0.3 is 4.74 Å². The molecule has 4 nitrogen and oxygen atoms in total. The number of hydrogen-bond acceptors (Lipinski definition) is 3. The van der Waals surface area contributed by atoms with Gasteiger partial charge >= 0.3 is 6.01 Å². The molecule has 5 heteroatoms. The van der Waals surface area contributed by atoms with Crippen LogP contribution < -0.4 is 4.74 Å². The van der Waals surface area contributed by atoms with Gasteiger partial charge in [-0.25, -0.2) is 8.58 Å². The first-order valence-corrected chi connectivity index (χ1v) is 4.32. The maximum absolute atomic E-state index is 10.4. The van der Waals surface area contributed by atoms with Crippen LogP contribution in [0.5, 0.6) is 6.01 Å². The van der Waals surface area contributed by atoms with Gasteiger partial charge in [0.05, 0.1) is 29.0 Å². The number of imidazole rings is 1. The minimum absolute atomic E-state index is 0.416. The van der Waals surface area contributed by atoms with E-state index in [1.807, 2.05) is 6.92 Å². The second kappa shape index (κ2) is 4.25. The summed E-state index contributed by atoms with van der Waals surface area (Å²) in [5.74, 6) is 0. The maximum Gasteiger partial charge on any atom is 0.307 e. The van der Waals surface area contributed by atoms with Crippen LogP contribution in [0.1, 0.15) is 23.8 Å². The van der Waals surface area contributed by atoms with Crippen LogP contribution in [-0.4, -0.2) is 21.5 Å². The third-order valence-electron chi connectivity index (χ3n) is 1.26. The zero-order chi connectivity index (χ0) is 8.97. The molecule has 66 valence electrons. The van der Waals surface area contributed by atoms with E-state index in [1.54, 1.807) is 0 Å². The number of halogens is 1. The molecule has 1 aromatic heterocycles. The van der Waals surface area contributed by atoms with Gasteiger partial charge in [-0.05, 0) is 6.42 Å². The van der Waals surface area contributed by atoms with Crippen molar-refractivity contribution in [3.63, 3.8) is 0 Å². The van der Waals surface area contributed by atoms with Crippen LogP contribution in [0.15, 0.2) is 6.20 Å². The van der Waals surface area contributed by atoms with Crippen LogP contribution in [0.2, 0.25) is 0 Å². The fourth-order valence-electron chi connectivity index (χ4n) is 0.697. The van der Waals surface area contributed by atoms with E-state index in [1.165, 1.54) is 9.79 Å². The molecule has 0 saturated heterocycles. The Hall–Kier alpha value is -0.840. The van der Waals surface area contributed by atoms with E-state index in [4.69, 9.17) is 4.74 Å². The van der Waals surface area contributed by atoms with E-state index < -0.39 is 0 Å². The molecule has 0 radical (unpaired) electrons. The Morgan fingerprint density at radius 3 is 3.08 bits per heavy atom. The SMILES string of the molecule is CCCOc1ncc(C=O)n1Br. The van der Waals surface area contributed by atoms with Gasteiger partial charge in [0.2, 0.25) is 0 Å². The molecule has 0 aromatic carbocycles. The van der Waals surface area contributed by atoms with Gasteiger partial charge in [-0.2, -0.15) is 0 Å². The smallest absolute Gasteiger partial charge is 0.307 e. The molecule has 1 aromatic rings. The molecule has 0 saturated carbocycles. The minimum Gasteiger partial charge on any atom is -0.464 e. The topological polar surface area (TPSA) is 44.1 Å². The second-order valence-corrected chi connectivity index (χ2v) is 2.92. The number of carbonyl (C=O) groups is 1. The highest BCUT2D eigenvalue weighted by Crippen LogP contribution is 2.14. The van der Waals surface area contributed by atoms with Crippen LogP contribution >= 0.6 is 16.1 Å². The molecule has 0 aliphatic rings. The third-order valence-corrected chi connectivity index (χ3v) is 1.97. The summed E-state index contributed by atoms with van der Waals surface area (Å²) in [6, 6.07) is 0.416. The van der Waals surface area contributed by atoms with Crippen LogP contribution in [-0.2, 0) is 0 Å². The first-order valence-electron chi connectivity index (χ1n) is 3.61. The van der Waals surface area contributed by atoms with Crippen molar-refractivity contribution < 1.29 is 9.53 Å². The molecule has 0 N–H and O–H groups in total. The van der Waals surface area contributed by atoms with Crippen LogP contribution in [0.4, 0.5) is 0 Å². The van der Waals surface area contributed by atoms with Crippen molar-refractivity contribution in [2.75, 3.05) is 6.61 Å². The van der Waals surface area contributed by atoms with Gasteiger partial charge in [0, 0.05) is 0 Å². The lowest BCUT2D eigenvalue weighted by Gasteiger charge is -2.01. The highest BCUT2D eigenvalue weighted by Gasteiger charge is 2.06. The number of rotatable bonds is 4. The summed E-state index contributed by atoms with van der Waals surface area (Å²) >= 11 is 3.14. The molecule has 0 fully saturated rings. The van der Waals surface area contributed by atoms with E-state index in [-0.39, 0.29) is 0 Å². The Morgan fingerprint density at radius 1 is 1.83 bits per heavy atom. The average Bonchev–Trinajstić information content (AvgIpc) is 2.43. The zero-order valence-electron chi connectivity index (χ0n) is 6.66. The maximum atomic E-state index is 10.4. The Kier molecular flexibility index (Phi) is 3.28. The molecule has 0 bridgehead atoms. The van der Waals surface area contributed by atoms with E-state index in [2.05, 4.69) is 21.1 Å². The lowest BCUT2D eigenvalue weighted by Crippen LogP contribution is -1.99. The fourth-order valence-corrected chi connectivity index (χ4v) is 1.07.